The number of rotatable bonds is 7. The SMILES string of the molecule is COc1c(F)cc(F)cc1C=C(CNC(=O)OCc1ccccc1)B1OC(C)(C)C(C)(C)O1. The molecule has 0 saturated carbocycles. The van der Waals surface area contributed by atoms with Gasteiger partial charge in [-0.1, -0.05) is 36.4 Å². The fourth-order valence-electron chi connectivity index (χ4n) is 3.25. The van der Waals surface area contributed by atoms with Gasteiger partial charge in [0.2, 0.25) is 0 Å². The molecule has 6 nitrogen and oxygen atoms in total. The van der Waals surface area contributed by atoms with Gasteiger partial charge in [-0.2, -0.15) is 0 Å². The third kappa shape index (κ3) is 5.91. The Kier molecular flexibility index (Phi) is 7.44. The van der Waals surface area contributed by atoms with Crippen molar-refractivity contribution in [1.29, 1.82) is 0 Å². The first-order chi connectivity index (χ1) is 15.5. The number of hydrogen-bond acceptors (Lipinski definition) is 5. The molecule has 2 aromatic rings. The maximum atomic E-state index is 14.2. The van der Waals surface area contributed by atoms with E-state index in [0.29, 0.717) is 5.47 Å². The van der Waals surface area contributed by atoms with E-state index in [1.54, 1.807) is 0 Å². The average molecular weight is 459 g/mol. The Morgan fingerprint density at radius 3 is 2.33 bits per heavy atom. The number of alkyl carbamates (subject to hydrolysis) is 1. The Morgan fingerprint density at radius 1 is 1.09 bits per heavy atom. The van der Waals surface area contributed by atoms with Gasteiger partial charge in [-0.3, -0.25) is 0 Å². The van der Waals surface area contributed by atoms with Crippen LogP contribution < -0.4 is 10.1 Å². The van der Waals surface area contributed by atoms with E-state index in [2.05, 4.69) is 5.32 Å². The average Bonchev–Trinajstić information content (AvgIpc) is 2.96. The van der Waals surface area contributed by atoms with Gasteiger partial charge in [0.05, 0.1) is 18.3 Å². The van der Waals surface area contributed by atoms with Gasteiger partial charge in [0.1, 0.15) is 12.4 Å². The van der Waals surface area contributed by atoms with Gasteiger partial charge < -0.3 is 24.1 Å². The number of methoxy groups -OCH3 is 1. The topological polar surface area (TPSA) is 66.0 Å². The third-order valence-corrected chi connectivity index (χ3v) is 5.79. The fraction of sp³-hybridized carbons (Fsp3) is 0.375. The van der Waals surface area contributed by atoms with Crippen LogP contribution in [0.15, 0.2) is 47.9 Å². The zero-order valence-corrected chi connectivity index (χ0v) is 19.4. The maximum absolute atomic E-state index is 14.2. The van der Waals surface area contributed by atoms with Crippen LogP contribution in [0.5, 0.6) is 5.75 Å². The molecule has 0 bridgehead atoms. The van der Waals surface area contributed by atoms with Crippen LogP contribution in [-0.2, 0) is 20.7 Å². The Balaban J connectivity index is 1.82. The summed E-state index contributed by atoms with van der Waals surface area (Å²) in [6.45, 7) is 7.60. The van der Waals surface area contributed by atoms with Gasteiger partial charge in [-0.25, -0.2) is 13.6 Å². The van der Waals surface area contributed by atoms with Crippen LogP contribution in [0.1, 0.15) is 38.8 Å². The number of amides is 1. The predicted molar refractivity (Wildman–Crippen MR) is 122 cm³/mol. The van der Waals surface area contributed by atoms with E-state index in [9.17, 15) is 13.6 Å². The van der Waals surface area contributed by atoms with Crippen LogP contribution in [0.25, 0.3) is 6.08 Å². The van der Waals surface area contributed by atoms with Crippen molar-refractivity contribution >= 4 is 19.3 Å². The van der Waals surface area contributed by atoms with Crippen molar-refractivity contribution in [3.63, 3.8) is 0 Å². The highest BCUT2D eigenvalue weighted by Crippen LogP contribution is 2.39. The Morgan fingerprint density at radius 2 is 1.73 bits per heavy atom. The molecule has 0 aliphatic carbocycles. The molecule has 176 valence electrons. The molecular formula is C24H28BF2NO5. The molecule has 1 saturated heterocycles. The highest BCUT2D eigenvalue weighted by Gasteiger charge is 2.52. The summed E-state index contributed by atoms with van der Waals surface area (Å²) in [5, 5.41) is 2.65. The second kappa shape index (κ2) is 9.93. The summed E-state index contributed by atoms with van der Waals surface area (Å²) in [6, 6.07) is 11.1. The molecule has 0 unspecified atom stereocenters. The zero-order chi connectivity index (χ0) is 24.2. The number of ether oxygens (including phenoxy) is 2. The molecule has 1 aliphatic rings. The molecule has 33 heavy (non-hydrogen) atoms. The highest BCUT2D eigenvalue weighted by atomic mass is 19.1. The van der Waals surface area contributed by atoms with Crippen molar-refractivity contribution in [2.75, 3.05) is 13.7 Å². The van der Waals surface area contributed by atoms with Crippen molar-refractivity contribution in [3.05, 3.63) is 70.7 Å². The first kappa shape index (κ1) is 24.7. The van der Waals surface area contributed by atoms with E-state index < -0.39 is 36.0 Å². The lowest BCUT2D eigenvalue weighted by Crippen LogP contribution is -2.41. The van der Waals surface area contributed by atoms with E-state index in [0.717, 1.165) is 17.7 Å². The lowest BCUT2D eigenvalue weighted by Gasteiger charge is -2.32. The summed E-state index contributed by atoms with van der Waals surface area (Å²) >= 11 is 0. The van der Waals surface area contributed by atoms with Crippen LogP contribution in [-0.4, -0.2) is 38.1 Å². The third-order valence-electron chi connectivity index (χ3n) is 5.79. The number of halogens is 2. The Labute approximate surface area is 193 Å². The zero-order valence-electron chi connectivity index (χ0n) is 19.4. The Bertz CT molecular complexity index is 1010. The standard InChI is InChI=1S/C24H28BF2NO5/c1-23(2)24(3,4)33-25(32-23)18(11-17-12-19(26)13-20(27)21(17)30-5)14-28-22(29)31-15-16-9-7-6-8-10-16/h6-13H,14-15H2,1-5H3,(H,28,29). The van der Waals surface area contributed by atoms with Crippen molar-refractivity contribution in [1.82, 2.24) is 5.32 Å². The molecular weight excluding hydrogens is 431 g/mol. The number of nitrogens with one attached hydrogen (secondary N) is 1. The van der Waals surface area contributed by atoms with Gasteiger partial charge in [0.25, 0.3) is 0 Å². The minimum absolute atomic E-state index is 0.0360. The van der Waals surface area contributed by atoms with Crippen molar-refractivity contribution in [3.8, 4) is 5.75 Å². The van der Waals surface area contributed by atoms with E-state index >= 15 is 0 Å². The molecule has 1 aliphatic heterocycles. The molecule has 2 aromatic carbocycles. The van der Waals surface area contributed by atoms with Crippen LogP contribution in [0, 0.1) is 11.6 Å². The fourth-order valence-corrected chi connectivity index (χ4v) is 3.25. The second-order valence-corrected chi connectivity index (χ2v) is 8.73. The van der Waals surface area contributed by atoms with Crippen molar-refractivity contribution in [2.24, 2.45) is 0 Å². The monoisotopic (exact) mass is 459 g/mol. The normalized spacial score (nSPS) is 17.1. The van der Waals surface area contributed by atoms with E-state index in [1.807, 2.05) is 58.0 Å². The molecule has 1 N–H and O–H groups in total. The van der Waals surface area contributed by atoms with E-state index in [-0.39, 0.29) is 24.5 Å². The summed E-state index contributed by atoms with van der Waals surface area (Å²) in [7, 11) is 0.432. The summed E-state index contributed by atoms with van der Waals surface area (Å²) in [6.07, 6.45) is 0.837. The van der Waals surface area contributed by atoms with Gasteiger partial charge in [0.15, 0.2) is 11.6 Å². The number of hydrogen-bond donors (Lipinski definition) is 1. The summed E-state index contributed by atoms with van der Waals surface area (Å²) < 4.78 is 50.7. The van der Waals surface area contributed by atoms with E-state index in [4.69, 9.17) is 18.8 Å². The molecule has 0 aromatic heterocycles. The smallest absolute Gasteiger partial charge is 0.492 e. The lowest BCUT2D eigenvalue weighted by molar-refractivity contribution is 0.00578. The lowest BCUT2D eigenvalue weighted by atomic mass is 9.77. The van der Waals surface area contributed by atoms with Gasteiger partial charge in [0, 0.05) is 18.2 Å². The van der Waals surface area contributed by atoms with Crippen molar-refractivity contribution in [2.45, 2.75) is 45.5 Å². The van der Waals surface area contributed by atoms with Crippen molar-refractivity contribution < 1.29 is 32.4 Å². The van der Waals surface area contributed by atoms with Crippen LogP contribution in [0.4, 0.5) is 13.6 Å². The first-order valence-corrected chi connectivity index (χ1v) is 10.6. The molecule has 1 fully saturated rings. The van der Waals surface area contributed by atoms with Crippen LogP contribution >= 0.6 is 0 Å². The summed E-state index contributed by atoms with van der Waals surface area (Å²) in [5.41, 5.74) is 0.131. The van der Waals surface area contributed by atoms with E-state index in [1.165, 1.54) is 13.2 Å². The maximum Gasteiger partial charge on any atom is 0.492 e. The van der Waals surface area contributed by atoms with Crippen LogP contribution in [0.2, 0.25) is 0 Å². The number of carbonyl (C=O) groups excluding carboxylic acids is 1. The molecule has 1 amide bonds. The summed E-state index contributed by atoms with van der Waals surface area (Å²) in [4.78, 5) is 12.3. The highest BCUT2D eigenvalue weighted by molar-refractivity contribution is 6.56. The van der Waals surface area contributed by atoms with Gasteiger partial charge >= 0.3 is 13.2 Å². The van der Waals surface area contributed by atoms with Crippen LogP contribution in [0.3, 0.4) is 0 Å². The van der Waals surface area contributed by atoms with Gasteiger partial charge in [-0.05, 0) is 44.8 Å². The van der Waals surface area contributed by atoms with Gasteiger partial charge in [-0.15, -0.1) is 0 Å². The molecule has 0 spiro atoms. The minimum atomic E-state index is -0.861. The largest absolute Gasteiger partial charge is 0.493 e. The summed E-state index contributed by atoms with van der Waals surface area (Å²) in [5.74, 6) is -1.73. The molecule has 0 atom stereocenters. The molecule has 9 heteroatoms. The quantitative estimate of drug-likeness (QED) is 0.596. The number of carbonyl (C=O) groups is 1. The first-order valence-electron chi connectivity index (χ1n) is 10.6. The predicted octanol–water partition coefficient (Wildman–Crippen LogP) is 4.91. The molecule has 0 radical (unpaired) electrons. The minimum Gasteiger partial charge on any atom is -0.493 e. The Hall–Kier alpha value is -2.91. The number of benzene rings is 2. The molecule has 1 heterocycles. The second-order valence-electron chi connectivity index (χ2n) is 8.73. The molecule has 3 rings (SSSR count).